The van der Waals surface area contributed by atoms with Gasteiger partial charge in [-0.25, -0.2) is 22.0 Å². The first-order valence-corrected chi connectivity index (χ1v) is 12.3. The van der Waals surface area contributed by atoms with Crippen LogP contribution in [0.5, 0.6) is 0 Å². The Kier molecular flexibility index (Phi) is 7.35. The fraction of sp³-hybridized carbons (Fsp3) is 0.360. The molecule has 0 aliphatic rings. The lowest BCUT2D eigenvalue weighted by Crippen LogP contribution is -2.44. The molecule has 1 N–H and O–H groups in total. The predicted molar refractivity (Wildman–Crippen MR) is 129 cm³/mol. The van der Waals surface area contributed by atoms with Crippen molar-refractivity contribution in [1.29, 1.82) is 0 Å². The summed E-state index contributed by atoms with van der Waals surface area (Å²) in [5.41, 5.74) is 1.50. The number of aromatic nitrogens is 1. The molecule has 2 aromatic carbocycles. The van der Waals surface area contributed by atoms with Gasteiger partial charge in [-0.15, -0.1) is 0 Å². The Morgan fingerprint density at radius 1 is 1.06 bits per heavy atom. The zero-order valence-corrected chi connectivity index (χ0v) is 20.8. The highest BCUT2D eigenvalue weighted by atomic mass is 32.2. The molecule has 0 spiro atoms. The second-order valence-electron chi connectivity index (χ2n) is 9.05. The molecule has 0 saturated carbocycles. The summed E-state index contributed by atoms with van der Waals surface area (Å²) < 4.78 is 38.1. The third-order valence-corrected chi connectivity index (χ3v) is 6.91. The highest BCUT2D eigenvalue weighted by molar-refractivity contribution is 7.90. The molecule has 0 fully saturated rings. The van der Waals surface area contributed by atoms with Crippen LogP contribution in [0, 0.1) is 6.92 Å². The average Bonchev–Trinajstić information content (AvgIpc) is 3.14. The van der Waals surface area contributed by atoms with Gasteiger partial charge in [0.1, 0.15) is 11.6 Å². The van der Waals surface area contributed by atoms with Gasteiger partial charge in [0.25, 0.3) is 10.0 Å². The van der Waals surface area contributed by atoms with Crippen LogP contribution in [-0.2, 0) is 30.7 Å². The van der Waals surface area contributed by atoms with E-state index in [0.29, 0.717) is 11.9 Å². The molecule has 0 aliphatic carbocycles. The number of methoxy groups -OCH3 is 1. The van der Waals surface area contributed by atoms with Gasteiger partial charge in [0.05, 0.1) is 17.5 Å². The van der Waals surface area contributed by atoms with Gasteiger partial charge >= 0.3 is 12.1 Å². The maximum absolute atomic E-state index is 13.4. The summed E-state index contributed by atoms with van der Waals surface area (Å²) in [6, 6.07) is 12.9. The lowest BCUT2D eigenvalue weighted by Gasteiger charge is -2.22. The number of esters is 1. The van der Waals surface area contributed by atoms with E-state index in [1.54, 1.807) is 63.4 Å². The third-order valence-electron chi connectivity index (χ3n) is 5.22. The molecule has 34 heavy (non-hydrogen) atoms. The van der Waals surface area contributed by atoms with Crippen molar-refractivity contribution in [3.8, 4) is 0 Å². The summed E-state index contributed by atoms with van der Waals surface area (Å²) in [5, 5.41) is 3.30. The Morgan fingerprint density at radius 2 is 1.71 bits per heavy atom. The molecule has 1 atom stereocenters. The van der Waals surface area contributed by atoms with Crippen LogP contribution in [0.4, 0.5) is 4.79 Å². The number of carbonyl (C=O) groups is 2. The number of alkyl carbamates (subject to hydrolysis) is 1. The Morgan fingerprint density at radius 3 is 2.32 bits per heavy atom. The number of rotatable bonds is 7. The van der Waals surface area contributed by atoms with Crippen LogP contribution in [0.25, 0.3) is 10.9 Å². The van der Waals surface area contributed by atoms with Gasteiger partial charge < -0.3 is 14.8 Å². The van der Waals surface area contributed by atoms with Crippen molar-refractivity contribution in [2.24, 2.45) is 0 Å². The second-order valence-corrected chi connectivity index (χ2v) is 10.9. The number of ether oxygens (including phenoxy) is 2. The fourth-order valence-electron chi connectivity index (χ4n) is 3.58. The number of hydrogen-bond acceptors (Lipinski definition) is 6. The number of nitrogens with zero attached hydrogens (tertiary/aromatic N) is 1. The van der Waals surface area contributed by atoms with Crippen LogP contribution in [0.15, 0.2) is 59.6 Å². The Labute approximate surface area is 199 Å². The number of carbonyl (C=O) groups excluding carboxylic acids is 2. The van der Waals surface area contributed by atoms with E-state index in [2.05, 4.69) is 5.32 Å². The Bertz CT molecular complexity index is 1290. The van der Waals surface area contributed by atoms with Gasteiger partial charge in [-0.3, -0.25) is 0 Å². The molecule has 3 rings (SSSR count). The first kappa shape index (κ1) is 25.3. The summed E-state index contributed by atoms with van der Waals surface area (Å²) in [4.78, 5) is 24.7. The molecule has 0 aliphatic heterocycles. The molecular weight excluding hydrogens is 456 g/mol. The van der Waals surface area contributed by atoms with Crippen LogP contribution in [0.3, 0.4) is 0 Å². The monoisotopic (exact) mass is 486 g/mol. The number of amides is 1. The van der Waals surface area contributed by atoms with Crippen LogP contribution in [-0.4, -0.2) is 43.2 Å². The second kappa shape index (κ2) is 9.89. The summed E-state index contributed by atoms with van der Waals surface area (Å²) in [6.07, 6.45) is 1.37. The SMILES string of the molecule is COC(=O)[C@H](CCc1cn(S(=O)(=O)c2ccc(C)cc2)c2ccccc12)NC(=O)OC(C)(C)C. The lowest BCUT2D eigenvalue weighted by atomic mass is 10.0. The highest BCUT2D eigenvalue weighted by Gasteiger charge is 2.26. The lowest BCUT2D eigenvalue weighted by molar-refractivity contribution is -0.143. The van der Waals surface area contributed by atoms with Gasteiger partial charge in [-0.05, 0) is 64.3 Å². The molecule has 0 bridgehead atoms. The maximum atomic E-state index is 13.4. The zero-order valence-electron chi connectivity index (χ0n) is 20.0. The van der Waals surface area contributed by atoms with Gasteiger partial charge in [0.2, 0.25) is 0 Å². The van der Waals surface area contributed by atoms with Gasteiger partial charge in [0.15, 0.2) is 0 Å². The van der Waals surface area contributed by atoms with Gasteiger partial charge in [-0.2, -0.15) is 0 Å². The van der Waals surface area contributed by atoms with Crippen molar-refractivity contribution in [2.45, 2.75) is 57.1 Å². The van der Waals surface area contributed by atoms with Crippen molar-refractivity contribution in [2.75, 3.05) is 7.11 Å². The number of para-hydroxylation sites is 1. The third kappa shape index (κ3) is 5.77. The van der Waals surface area contributed by atoms with Crippen molar-refractivity contribution in [3.05, 3.63) is 65.9 Å². The molecule has 1 amide bonds. The van der Waals surface area contributed by atoms with E-state index in [1.165, 1.54) is 11.1 Å². The van der Waals surface area contributed by atoms with Gasteiger partial charge in [-0.1, -0.05) is 35.9 Å². The number of hydrogen-bond donors (Lipinski definition) is 1. The number of benzene rings is 2. The average molecular weight is 487 g/mol. The highest BCUT2D eigenvalue weighted by Crippen LogP contribution is 2.27. The molecule has 3 aromatic rings. The molecule has 8 nitrogen and oxygen atoms in total. The van der Waals surface area contributed by atoms with Gasteiger partial charge in [0, 0.05) is 11.6 Å². The number of fused-ring (bicyclic) bond motifs is 1. The number of nitrogens with one attached hydrogen (secondary N) is 1. The molecule has 0 unspecified atom stereocenters. The summed E-state index contributed by atoms with van der Waals surface area (Å²) in [7, 11) is -2.58. The van der Waals surface area contributed by atoms with E-state index in [4.69, 9.17) is 9.47 Å². The minimum Gasteiger partial charge on any atom is -0.467 e. The largest absolute Gasteiger partial charge is 0.467 e. The standard InChI is InChI=1S/C25H30N2O6S/c1-17-10-13-19(14-11-17)34(30,31)27-16-18(20-8-6-7-9-22(20)27)12-15-21(23(28)32-5)26-24(29)33-25(2,3)4/h6-11,13-14,16,21H,12,15H2,1-5H3,(H,26,29)/t21-/m0/s1. The summed E-state index contributed by atoms with van der Waals surface area (Å²) in [6.45, 7) is 7.07. The van der Waals surface area contributed by atoms with Crippen LogP contribution >= 0.6 is 0 Å². The van der Waals surface area contributed by atoms with Crippen LogP contribution < -0.4 is 5.32 Å². The summed E-state index contributed by atoms with van der Waals surface area (Å²) in [5.74, 6) is -0.609. The van der Waals surface area contributed by atoms with Crippen molar-refractivity contribution < 1.29 is 27.5 Å². The van der Waals surface area contributed by atoms with Crippen molar-refractivity contribution in [1.82, 2.24) is 9.29 Å². The van der Waals surface area contributed by atoms with Crippen LogP contribution in [0.2, 0.25) is 0 Å². The van der Waals surface area contributed by atoms with E-state index in [9.17, 15) is 18.0 Å². The first-order valence-electron chi connectivity index (χ1n) is 10.9. The van der Waals surface area contributed by atoms with E-state index >= 15 is 0 Å². The molecular formula is C25H30N2O6S. The van der Waals surface area contributed by atoms with E-state index < -0.39 is 33.7 Å². The van der Waals surface area contributed by atoms with E-state index in [-0.39, 0.29) is 11.3 Å². The smallest absolute Gasteiger partial charge is 0.408 e. The quantitative estimate of drug-likeness (QED) is 0.503. The normalized spacial score (nSPS) is 12.9. The maximum Gasteiger partial charge on any atom is 0.408 e. The molecule has 1 aromatic heterocycles. The molecule has 182 valence electrons. The molecule has 0 radical (unpaired) electrons. The fourth-order valence-corrected chi connectivity index (χ4v) is 4.97. The first-order chi connectivity index (χ1) is 15.9. The van der Waals surface area contributed by atoms with E-state index in [0.717, 1.165) is 16.5 Å². The topological polar surface area (TPSA) is 104 Å². The van der Waals surface area contributed by atoms with Crippen molar-refractivity contribution in [3.63, 3.8) is 0 Å². The minimum atomic E-state index is -3.83. The zero-order chi connectivity index (χ0) is 25.1. The Balaban J connectivity index is 1.91. The van der Waals surface area contributed by atoms with Crippen LogP contribution in [0.1, 0.15) is 38.3 Å². The molecule has 1 heterocycles. The van der Waals surface area contributed by atoms with E-state index in [1.807, 2.05) is 19.1 Å². The number of aryl methyl sites for hydroxylation is 2. The summed E-state index contributed by atoms with van der Waals surface area (Å²) >= 11 is 0. The predicted octanol–water partition coefficient (Wildman–Crippen LogP) is 4.19. The Hall–Kier alpha value is -3.33. The van der Waals surface area contributed by atoms with Crippen molar-refractivity contribution >= 4 is 33.0 Å². The molecule has 9 heteroatoms. The molecule has 0 saturated heterocycles. The minimum absolute atomic E-state index is 0.185.